The van der Waals surface area contributed by atoms with E-state index in [1.54, 1.807) is 35.2 Å². The molecule has 0 spiro atoms. The topological polar surface area (TPSA) is 85.4 Å². The number of ether oxygens (including phenoxy) is 3. The number of hydrogen-bond donors (Lipinski definition) is 0. The number of hydrogen-bond acceptors (Lipinski definition) is 7. The molecule has 3 amide bonds. The van der Waals surface area contributed by atoms with Gasteiger partial charge in [0.25, 0.3) is 11.1 Å². The number of carbonyl (C=O) groups excluding carboxylic acids is 3. The minimum atomic E-state index is -0.516. The molecular formula is C25H24BrFN2O6S. The van der Waals surface area contributed by atoms with Crippen molar-refractivity contribution >= 4 is 50.8 Å². The summed E-state index contributed by atoms with van der Waals surface area (Å²) in [6.45, 7) is 3.87. The molecule has 0 unspecified atom stereocenters. The standard InChI is InChI=1S/C25H24BrFN2O6S/c1-2-34-20-12-17(11-19(26)23(20)35-15-16-3-5-18(27)6-4-16)13-21-24(31)29(25(32)36-21)14-22(30)28-7-9-33-10-8-28/h3-6,11-13H,2,7-10,14-15H2,1H3/b21-13-. The van der Waals surface area contributed by atoms with Gasteiger partial charge in [-0.3, -0.25) is 19.3 Å². The maximum Gasteiger partial charge on any atom is 0.294 e. The van der Waals surface area contributed by atoms with Crippen molar-refractivity contribution in [1.29, 1.82) is 0 Å². The molecule has 2 saturated heterocycles. The van der Waals surface area contributed by atoms with Crippen LogP contribution in [0.1, 0.15) is 18.1 Å². The lowest BCUT2D eigenvalue weighted by molar-refractivity contribution is -0.139. The summed E-state index contributed by atoms with van der Waals surface area (Å²) in [6, 6.07) is 9.45. The summed E-state index contributed by atoms with van der Waals surface area (Å²) in [6.07, 6.45) is 1.58. The van der Waals surface area contributed by atoms with E-state index in [2.05, 4.69) is 15.9 Å². The first kappa shape index (κ1) is 26.2. The second-order valence-electron chi connectivity index (χ2n) is 7.94. The first-order valence-electron chi connectivity index (χ1n) is 11.3. The average Bonchev–Trinajstić information content (AvgIpc) is 3.12. The molecule has 0 atom stereocenters. The number of imide groups is 1. The number of benzene rings is 2. The third-order valence-electron chi connectivity index (χ3n) is 5.46. The summed E-state index contributed by atoms with van der Waals surface area (Å²) in [7, 11) is 0. The van der Waals surface area contributed by atoms with E-state index >= 15 is 0 Å². The molecule has 2 aromatic rings. The fourth-order valence-electron chi connectivity index (χ4n) is 3.65. The maximum atomic E-state index is 13.2. The third kappa shape index (κ3) is 6.26. The Morgan fingerprint density at radius 2 is 1.89 bits per heavy atom. The normalized spacial score (nSPS) is 17.1. The van der Waals surface area contributed by atoms with Crippen molar-refractivity contribution in [3.8, 4) is 11.5 Å². The van der Waals surface area contributed by atoms with E-state index in [4.69, 9.17) is 14.2 Å². The number of rotatable bonds is 8. The second-order valence-corrected chi connectivity index (χ2v) is 9.79. The Kier molecular flexibility index (Phi) is 8.65. The SMILES string of the molecule is CCOc1cc(/C=C2\SC(=O)N(CC(=O)N3CCOCC3)C2=O)cc(Br)c1OCc1ccc(F)cc1. The van der Waals surface area contributed by atoms with Crippen molar-refractivity contribution < 1.29 is 33.0 Å². The van der Waals surface area contributed by atoms with Gasteiger partial charge in [0.15, 0.2) is 11.5 Å². The van der Waals surface area contributed by atoms with Gasteiger partial charge in [-0.1, -0.05) is 12.1 Å². The van der Waals surface area contributed by atoms with E-state index in [1.165, 1.54) is 12.1 Å². The summed E-state index contributed by atoms with van der Waals surface area (Å²) in [4.78, 5) is 40.7. The van der Waals surface area contributed by atoms with Gasteiger partial charge in [0, 0.05) is 13.1 Å². The average molecular weight is 579 g/mol. The summed E-state index contributed by atoms with van der Waals surface area (Å²) >= 11 is 4.28. The first-order valence-corrected chi connectivity index (χ1v) is 12.9. The molecule has 11 heteroatoms. The molecule has 2 aliphatic rings. The molecule has 0 aromatic heterocycles. The van der Waals surface area contributed by atoms with E-state index in [0.717, 1.165) is 22.2 Å². The van der Waals surface area contributed by atoms with Gasteiger partial charge in [0.05, 0.1) is 29.2 Å². The van der Waals surface area contributed by atoms with E-state index in [9.17, 15) is 18.8 Å². The van der Waals surface area contributed by atoms with Crippen LogP contribution in [0.2, 0.25) is 0 Å². The summed E-state index contributed by atoms with van der Waals surface area (Å²) in [5.74, 6) is -0.220. The van der Waals surface area contributed by atoms with Crippen molar-refractivity contribution in [3.63, 3.8) is 0 Å². The molecule has 36 heavy (non-hydrogen) atoms. The van der Waals surface area contributed by atoms with Gasteiger partial charge >= 0.3 is 0 Å². The first-order chi connectivity index (χ1) is 17.4. The lowest BCUT2D eigenvalue weighted by atomic mass is 10.1. The number of carbonyl (C=O) groups is 3. The zero-order chi connectivity index (χ0) is 25.7. The van der Waals surface area contributed by atoms with E-state index in [0.29, 0.717) is 54.4 Å². The van der Waals surface area contributed by atoms with E-state index in [-0.39, 0.29) is 29.8 Å². The van der Waals surface area contributed by atoms with Gasteiger partial charge in [-0.05, 0) is 76.1 Å². The van der Waals surface area contributed by atoms with Crippen LogP contribution in [0.4, 0.5) is 9.18 Å². The Morgan fingerprint density at radius 1 is 1.17 bits per heavy atom. The van der Waals surface area contributed by atoms with Crippen molar-refractivity contribution in [2.75, 3.05) is 39.5 Å². The molecule has 2 fully saturated rings. The molecule has 0 radical (unpaired) electrons. The maximum absolute atomic E-state index is 13.2. The molecule has 0 aliphatic carbocycles. The van der Waals surface area contributed by atoms with Crippen LogP contribution >= 0.6 is 27.7 Å². The van der Waals surface area contributed by atoms with E-state index < -0.39 is 11.1 Å². The third-order valence-corrected chi connectivity index (χ3v) is 6.95. The predicted octanol–water partition coefficient (Wildman–Crippen LogP) is 4.46. The Morgan fingerprint density at radius 3 is 2.58 bits per heavy atom. The van der Waals surface area contributed by atoms with Crippen molar-refractivity contribution in [3.05, 3.63) is 62.7 Å². The van der Waals surface area contributed by atoms with Crippen LogP contribution in [-0.4, -0.2) is 66.3 Å². The molecular weight excluding hydrogens is 555 g/mol. The Hall–Kier alpha value is -2.89. The number of halogens is 2. The largest absolute Gasteiger partial charge is 0.490 e. The number of thioether (sulfide) groups is 1. The molecule has 4 rings (SSSR count). The van der Waals surface area contributed by atoms with Gasteiger partial charge in [0.1, 0.15) is 19.0 Å². The summed E-state index contributed by atoms with van der Waals surface area (Å²) in [5, 5.41) is -0.490. The zero-order valence-corrected chi connectivity index (χ0v) is 21.9. The van der Waals surface area contributed by atoms with Crippen LogP contribution in [0.3, 0.4) is 0 Å². The van der Waals surface area contributed by atoms with Gasteiger partial charge in [0.2, 0.25) is 5.91 Å². The van der Waals surface area contributed by atoms with E-state index in [1.807, 2.05) is 6.92 Å². The molecule has 8 nitrogen and oxygen atoms in total. The van der Waals surface area contributed by atoms with Crippen molar-refractivity contribution in [2.24, 2.45) is 0 Å². The van der Waals surface area contributed by atoms with Crippen LogP contribution in [-0.2, 0) is 20.9 Å². The Labute approximate surface area is 220 Å². The van der Waals surface area contributed by atoms with Crippen LogP contribution in [0.15, 0.2) is 45.8 Å². The minimum absolute atomic E-state index is 0.203. The summed E-state index contributed by atoms with van der Waals surface area (Å²) < 4.78 is 30.7. The van der Waals surface area contributed by atoms with Gasteiger partial charge in [-0.2, -0.15) is 0 Å². The highest BCUT2D eigenvalue weighted by Gasteiger charge is 2.37. The van der Waals surface area contributed by atoms with Crippen molar-refractivity contribution in [1.82, 2.24) is 9.80 Å². The van der Waals surface area contributed by atoms with Crippen LogP contribution in [0, 0.1) is 5.82 Å². The molecule has 0 N–H and O–H groups in total. The Balaban J connectivity index is 1.50. The lowest BCUT2D eigenvalue weighted by Crippen LogP contribution is -2.46. The van der Waals surface area contributed by atoms with Crippen molar-refractivity contribution in [2.45, 2.75) is 13.5 Å². The highest BCUT2D eigenvalue weighted by molar-refractivity contribution is 9.10. The highest BCUT2D eigenvalue weighted by Crippen LogP contribution is 2.39. The fourth-order valence-corrected chi connectivity index (χ4v) is 5.06. The zero-order valence-electron chi connectivity index (χ0n) is 19.5. The lowest BCUT2D eigenvalue weighted by Gasteiger charge is -2.28. The molecule has 2 heterocycles. The second kappa shape index (κ2) is 11.9. The number of nitrogens with zero attached hydrogens (tertiary/aromatic N) is 2. The van der Waals surface area contributed by atoms with Gasteiger partial charge < -0.3 is 19.1 Å². The highest BCUT2D eigenvalue weighted by atomic mass is 79.9. The summed E-state index contributed by atoms with van der Waals surface area (Å²) in [5.41, 5.74) is 1.40. The quantitative estimate of drug-likeness (QED) is 0.427. The molecule has 0 bridgehead atoms. The fraction of sp³-hybridized carbons (Fsp3) is 0.320. The predicted molar refractivity (Wildman–Crippen MR) is 136 cm³/mol. The molecule has 2 aromatic carbocycles. The number of morpholine rings is 1. The van der Waals surface area contributed by atoms with Crippen LogP contribution < -0.4 is 9.47 Å². The smallest absolute Gasteiger partial charge is 0.294 e. The molecule has 2 aliphatic heterocycles. The molecule has 0 saturated carbocycles. The van der Waals surface area contributed by atoms with Crippen LogP contribution in [0.5, 0.6) is 11.5 Å². The van der Waals surface area contributed by atoms with Gasteiger partial charge in [-0.25, -0.2) is 4.39 Å². The Bertz CT molecular complexity index is 1180. The monoisotopic (exact) mass is 578 g/mol. The van der Waals surface area contributed by atoms with Crippen LogP contribution in [0.25, 0.3) is 6.08 Å². The minimum Gasteiger partial charge on any atom is -0.490 e. The molecule has 190 valence electrons. The number of amides is 3. The van der Waals surface area contributed by atoms with Gasteiger partial charge in [-0.15, -0.1) is 0 Å².